The predicted molar refractivity (Wildman–Crippen MR) is 106 cm³/mol. The highest BCUT2D eigenvalue weighted by Crippen LogP contribution is 2.37. The summed E-state index contributed by atoms with van der Waals surface area (Å²) in [5.41, 5.74) is -1.74. The number of aliphatic hydroxyl groups excluding tert-OH is 4. The van der Waals surface area contributed by atoms with Crippen molar-refractivity contribution in [3.8, 4) is 0 Å². The van der Waals surface area contributed by atoms with Crippen molar-refractivity contribution < 1.29 is 34.8 Å². The van der Waals surface area contributed by atoms with Gasteiger partial charge in [0.05, 0.1) is 6.04 Å². The fourth-order valence-electron chi connectivity index (χ4n) is 3.78. The van der Waals surface area contributed by atoms with Gasteiger partial charge in [0.2, 0.25) is 5.91 Å². The Hall–Kier alpha value is -1.58. The lowest BCUT2D eigenvalue weighted by molar-refractivity contribution is -0.196. The molecule has 1 saturated heterocycles. The molecule has 1 aliphatic heterocycles. The van der Waals surface area contributed by atoms with E-state index in [-0.39, 0.29) is 13.0 Å². The van der Waals surface area contributed by atoms with Gasteiger partial charge in [-0.15, -0.1) is 0 Å². The van der Waals surface area contributed by atoms with E-state index in [4.69, 9.17) is 9.84 Å². The lowest BCUT2D eigenvalue weighted by atomic mass is 9.80. The van der Waals surface area contributed by atoms with Crippen LogP contribution in [0.1, 0.15) is 57.8 Å². The standard InChI is InChI=1S/C21H33NO7/c23-13-9-7-5-3-1-2-4-6-8-10-18(26)22-15-14-21(29-20(15)28)17(25)12-11-16(24)19(21)27/h8,10-12,15-16,19-20,23-24,27-28H,1-7,9,13-14H2,(H,22,26)/b10-8+/t15?,16?,19?,20-,21-/m1/s1. The maximum Gasteiger partial charge on any atom is 0.244 e. The molecule has 1 spiro atoms. The summed E-state index contributed by atoms with van der Waals surface area (Å²) in [4.78, 5) is 24.3. The normalized spacial score (nSPS) is 31.8. The fourth-order valence-corrected chi connectivity index (χ4v) is 3.78. The third kappa shape index (κ3) is 6.45. The first-order valence-corrected chi connectivity index (χ1v) is 10.4. The number of ketones is 1. The van der Waals surface area contributed by atoms with E-state index in [1.165, 1.54) is 12.2 Å². The molecule has 1 aliphatic carbocycles. The molecule has 2 rings (SSSR count). The summed E-state index contributed by atoms with van der Waals surface area (Å²) in [5, 5.41) is 41.3. The second-order valence-corrected chi connectivity index (χ2v) is 7.77. The van der Waals surface area contributed by atoms with E-state index in [0.717, 1.165) is 57.4 Å². The molecule has 8 nitrogen and oxygen atoms in total. The molecule has 5 atom stereocenters. The molecule has 1 heterocycles. The predicted octanol–water partition coefficient (Wildman–Crippen LogP) is 0.479. The highest BCUT2D eigenvalue weighted by Gasteiger charge is 2.58. The molecule has 0 bridgehead atoms. The first kappa shape index (κ1) is 23.7. The summed E-state index contributed by atoms with van der Waals surface area (Å²) in [5.74, 6) is -0.953. The molecule has 0 aromatic heterocycles. The van der Waals surface area contributed by atoms with Gasteiger partial charge in [-0.3, -0.25) is 9.59 Å². The summed E-state index contributed by atoms with van der Waals surface area (Å²) in [6.45, 7) is 0.258. The third-order valence-corrected chi connectivity index (χ3v) is 5.49. The van der Waals surface area contributed by atoms with Gasteiger partial charge in [-0.1, -0.05) is 38.2 Å². The van der Waals surface area contributed by atoms with Gasteiger partial charge in [-0.05, 0) is 37.5 Å². The Balaban J connectivity index is 1.69. The van der Waals surface area contributed by atoms with Crippen LogP contribution in [0.2, 0.25) is 0 Å². The van der Waals surface area contributed by atoms with E-state index < -0.39 is 41.8 Å². The van der Waals surface area contributed by atoms with E-state index in [1.807, 2.05) is 0 Å². The minimum Gasteiger partial charge on any atom is -0.396 e. The van der Waals surface area contributed by atoms with Crippen molar-refractivity contribution in [3.05, 3.63) is 24.3 Å². The second-order valence-electron chi connectivity index (χ2n) is 7.77. The number of allylic oxidation sites excluding steroid dienone is 1. The molecule has 0 aromatic carbocycles. The van der Waals surface area contributed by atoms with Gasteiger partial charge < -0.3 is 30.5 Å². The Morgan fingerprint density at radius 2 is 1.79 bits per heavy atom. The van der Waals surface area contributed by atoms with Gasteiger partial charge in [0.1, 0.15) is 12.2 Å². The molecule has 164 valence electrons. The van der Waals surface area contributed by atoms with Crippen molar-refractivity contribution >= 4 is 11.7 Å². The van der Waals surface area contributed by atoms with Gasteiger partial charge in [0.15, 0.2) is 17.7 Å². The minimum atomic E-state index is -1.74. The van der Waals surface area contributed by atoms with Crippen LogP contribution in [0.4, 0.5) is 0 Å². The highest BCUT2D eigenvalue weighted by molar-refractivity contribution is 5.99. The Kier molecular flexibility index (Phi) is 9.45. The number of carbonyl (C=O) groups excluding carboxylic acids is 2. The Morgan fingerprint density at radius 3 is 2.48 bits per heavy atom. The van der Waals surface area contributed by atoms with Gasteiger partial charge in [0, 0.05) is 13.0 Å². The first-order valence-electron chi connectivity index (χ1n) is 10.4. The number of hydrogen-bond acceptors (Lipinski definition) is 7. The van der Waals surface area contributed by atoms with Crippen LogP contribution >= 0.6 is 0 Å². The van der Waals surface area contributed by atoms with Crippen LogP contribution in [0.5, 0.6) is 0 Å². The third-order valence-electron chi connectivity index (χ3n) is 5.49. The van der Waals surface area contributed by atoms with Crippen LogP contribution in [-0.2, 0) is 14.3 Å². The molecule has 1 fully saturated rings. The van der Waals surface area contributed by atoms with E-state index in [2.05, 4.69) is 5.32 Å². The number of nitrogens with one attached hydrogen (secondary N) is 1. The quantitative estimate of drug-likeness (QED) is 0.246. The maximum absolute atomic E-state index is 12.2. The van der Waals surface area contributed by atoms with Crippen molar-refractivity contribution in [2.45, 2.75) is 87.9 Å². The van der Waals surface area contributed by atoms with E-state index in [1.54, 1.807) is 6.08 Å². The minimum absolute atomic E-state index is 0.120. The molecule has 0 radical (unpaired) electrons. The number of amides is 1. The average Bonchev–Trinajstić information content (AvgIpc) is 3.02. The summed E-state index contributed by atoms with van der Waals surface area (Å²) in [6.07, 6.45) is 9.30. The van der Waals surface area contributed by atoms with Crippen LogP contribution in [0.15, 0.2) is 24.3 Å². The zero-order valence-electron chi connectivity index (χ0n) is 16.7. The monoisotopic (exact) mass is 411 g/mol. The van der Waals surface area contributed by atoms with Gasteiger partial charge >= 0.3 is 0 Å². The van der Waals surface area contributed by atoms with Gasteiger partial charge in [-0.2, -0.15) is 0 Å². The molecule has 2 aliphatic rings. The molecule has 0 saturated carbocycles. The summed E-state index contributed by atoms with van der Waals surface area (Å²) in [6, 6.07) is -0.858. The van der Waals surface area contributed by atoms with Crippen molar-refractivity contribution in [3.63, 3.8) is 0 Å². The van der Waals surface area contributed by atoms with E-state index in [0.29, 0.717) is 0 Å². The summed E-state index contributed by atoms with van der Waals surface area (Å²) in [7, 11) is 0. The molecular weight excluding hydrogens is 378 g/mol. The van der Waals surface area contributed by atoms with Gasteiger partial charge in [-0.25, -0.2) is 0 Å². The topological polar surface area (TPSA) is 136 Å². The van der Waals surface area contributed by atoms with Crippen molar-refractivity contribution in [1.82, 2.24) is 5.32 Å². The lowest BCUT2D eigenvalue weighted by Crippen LogP contribution is -2.56. The Bertz CT molecular complexity index is 606. The molecule has 0 aromatic rings. The molecule has 3 unspecified atom stereocenters. The van der Waals surface area contributed by atoms with E-state index in [9.17, 15) is 24.9 Å². The number of rotatable bonds is 11. The van der Waals surface area contributed by atoms with Crippen LogP contribution < -0.4 is 5.32 Å². The first-order chi connectivity index (χ1) is 13.9. The van der Waals surface area contributed by atoms with Crippen molar-refractivity contribution in [2.75, 3.05) is 6.61 Å². The summed E-state index contributed by atoms with van der Waals surface area (Å²) >= 11 is 0. The highest BCUT2D eigenvalue weighted by atomic mass is 16.6. The van der Waals surface area contributed by atoms with Crippen LogP contribution in [0, 0.1) is 0 Å². The average molecular weight is 411 g/mol. The number of unbranched alkanes of at least 4 members (excludes halogenated alkanes) is 7. The Morgan fingerprint density at radius 1 is 1.14 bits per heavy atom. The van der Waals surface area contributed by atoms with Crippen molar-refractivity contribution in [1.29, 1.82) is 0 Å². The Labute approximate surface area is 171 Å². The zero-order valence-corrected chi connectivity index (χ0v) is 16.7. The zero-order chi connectivity index (χ0) is 21.3. The maximum atomic E-state index is 12.2. The van der Waals surface area contributed by atoms with E-state index >= 15 is 0 Å². The second kappa shape index (κ2) is 11.6. The number of ether oxygens (including phenoxy) is 1. The number of aliphatic hydroxyl groups is 4. The van der Waals surface area contributed by atoms with Crippen LogP contribution in [0.3, 0.4) is 0 Å². The van der Waals surface area contributed by atoms with Gasteiger partial charge in [0.25, 0.3) is 0 Å². The van der Waals surface area contributed by atoms with Crippen LogP contribution in [0.25, 0.3) is 0 Å². The fraction of sp³-hybridized carbons (Fsp3) is 0.714. The van der Waals surface area contributed by atoms with Crippen LogP contribution in [-0.4, -0.2) is 68.9 Å². The summed E-state index contributed by atoms with van der Waals surface area (Å²) < 4.78 is 5.30. The largest absolute Gasteiger partial charge is 0.396 e. The van der Waals surface area contributed by atoms with Crippen molar-refractivity contribution in [2.24, 2.45) is 0 Å². The molecule has 8 heteroatoms. The smallest absolute Gasteiger partial charge is 0.244 e. The molecule has 1 amide bonds. The molecular formula is C21H33NO7. The molecule has 5 N–H and O–H groups in total. The number of hydrogen-bond donors (Lipinski definition) is 5. The SMILES string of the molecule is O=C(/C=C/CCCCCCCCCO)NC1C[C@@]2(O[C@H]1O)C(=O)C=CC(O)C2O. The number of carbonyl (C=O) groups is 2. The lowest BCUT2D eigenvalue weighted by Gasteiger charge is -2.35. The molecule has 29 heavy (non-hydrogen) atoms.